The van der Waals surface area contributed by atoms with Crippen molar-refractivity contribution < 1.29 is 9.90 Å². The molecule has 1 aromatic rings. The average Bonchev–Trinajstić information content (AvgIpc) is 2.88. The van der Waals surface area contributed by atoms with Crippen LogP contribution in [0.2, 0.25) is 0 Å². The first-order valence-electron chi connectivity index (χ1n) is 10.7. The second kappa shape index (κ2) is 8.29. The minimum absolute atomic E-state index is 0.0420. The molecule has 4 rings (SSSR count). The van der Waals surface area contributed by atoms with Crippen molar-refractivity contribution in [2.75, 3.05) is 32.7 Å². The molecule has 2 heterocycles. The predicted octanol–water partition coefficient (Wildman–Crippen LogP) is 2.11. The molecule has 2 saturated heterocycles. The zero-order valence-corrected chi connectivity index (χ0v) is 16.3. The summed E-state index contributed by atoms with van der Waals surface area (Å²) in [4.78, 5) is 15.1. The first kappa shape index (κ1) is 18.9. The summed E-state index contributed by atoms with van der Waals surface area (Å²) in [5.74, 6) is 0.0420. The summed E-state index contributed by atoms with van der Waals surface area (Å²) in [5, 5.41) is 17.9. The lowest BCUT2D eigenvalue weighted by atomic mass is 9.72. The number of carbonyl (C=O) groups is 1. The van der Waals surface area contributed by atoms with Crippen LogP contribution in [0.15, 0.2) is 24.3 Å². The van der Waals surface area contributed by atoms with E-state index in [1.54, 1.807) is 0 Å². The second-order valence-corrected chi connectivity index (χ2v) is 8.53. The molecule has 0 radical (unpaired) electrons. The van der Waals surface area contributed by atoms with Crippen molar-refractivity contribution in [3.05, 3.63) is 35.4 Å². The number of nitrogens with zero attached hydrogens (tertiary/aromatic N) is 1. The molecule has 0 unspecified atom stereocenters. The second-order valence-electron chi connectivity index (χ2n) is 8.53. The van der Waals surface area contributed by atoms with Gasteiger partial charge in [0.05, 0.1) is 18.7 Å². The zero-order chi connectivity index (χ0) is 18.7. The molecule has 1 aromatic carbocycles. The monoisotopic (exact) mass is 371 g/mol. The molecule has 5 heteroatoms. The molecule has 0 saturated carbocycles. The van der Waals surface area contributed by atoms with Gasteiger partial charge in [-0.3, -0.25) is 9.69 Å². The van der Waals surface area contributed by atoms with E-state index >= 15 is 0 Å². The molecule has 1 amide bonds. The normalized spacial score (nSPS) is 28.3. The van der Waals surface area contributed by atoms with E-state index in [4.69, 9.17) is 0 Å². The molecule has 0 aromatic heterocycles. The van der Waals surface area contributed by atoms with E-state index in [1.807, 2.05) is 6.07 Å². The molecule has 3 aliphatic rings. The predicted molar refractivity (Wildman–Crippen MR) is 107 cm³/mol. The number of likely N-dealkylation sites (tertiary alicyclic amines) is 1. The van der Waals surface area contributed by atoms with Crippen LogP contribution in [0.1, 0.15) is 62.1 Å². The lowest BCUT2D eigenvalue weighted by molar-refractivity contribution is -0.124. The SMILES string of the molecule is O=C(CN1CCCCCCC1)N[C@@H]1c2ccccc2C2(CCNCC2)[C@H]1O. The smallest absolute Gasteiger partial charge is 0.234 e. The van der Waals surface area contributed by atoms with E-state index in [0.29, 0.717) is 6.54 Å². The quantitative estimate of drug-likeness (QED) is 0.761. The molecule has 2 atom stereocenters. The number of hydrogen-bond donors (Lipinski definition) is 3. The third-order valence-electron chi connectivity index (χ3n) is 6.84. The Hall–Kier alpha value is -1.43. The fourth-order valence-corrected chi connectivity index (χ4v) is 5.36. The van der Waals surface area contributed by atoms with Crippen LogP contribution in [0.3, 0.4) is 0 Å². The van der Waals surface area contributed by atoms with Crippen LogP contribution < -0.4 is 10.6 Å². The van der Waals surface area contributed by atoms with Gasteiger partial charge in [0, 0.05) is 5.41 Å². The third-order valence-corrected chi connectivity index (χ3v) is 6.84. The molecule has 27 heavy (non-hydrogen) atoms. The number of rotatable bonds is 3. The van der Waals surface area contributed by atoms with E-state index in [1.165, 1.54) is 37.7 Å². The number of piperidine rings is 1. The van der Waals surface area contributed by atoms with E-state index < -0.39 is 6.10 Å². The van der Waals surface area contributed by atoms with Gasteiger partial charge in [-0.25, -0.2) is 0 Å². The maximum atomic E-state index is 12.8. The van der Waals surface area contributed by atoms with Crippen LogP contribution in [-0.2, 0) is 10.2 Å². The van der Waals surface area contributed by atoms with Crippen molar-refractivity contribution in [2.24, 2.45) is 0 Å². The van der Waals surface area contributed by atoms with Crippen LogP contribution in [0.25, 0.3) is 0 Å². The van der Waals surface area contributed by atoms with Gasteiger partial charge < -0.3 is 15.7 Å². The Balaban J connectivity index is 1.47. The zero-order valence-electron chi connectivity index (χ0n) is 16.3. The molecular formula is C22H33N3O2. The molecule has 5 nitrogen and oxygen atoms in total. The fraction of sp³-hybridized carbons (Fsp3) is 0.682. The molecule has 148 valence electrons. The minimum atomic E-state index is -0.548. The Labute approximate surface area is 162 Å². The topological polar surface area (TPSA) is 64.6 Å². The van der Waals surface area contributed by atoms with Gasteiger partial charge in [0.2, 0.25) is 5.91 Å². The van der Waals surface area contributed by atoms with Crippen molar-refractivity contribution in [1.82, 2.24) is 15.5 Å². The van der Waals surface area contributed by atoms with Gasteiger partial charge in [-0.1, -0.05) is 43.5 Å². The largest absolute Gasteiger partial charge is 0.390 e. The summed E-state index contributed by atoms with van der Waals surface area (Å²) in [6.07, 6.45) is 7.51. The highest BCUT2D eigenvalue weighted by Gasteiger charge is 2.52. The van der Waals surface area contributed by atoms with Crippen LogP contribution >= 0.6 is 0 Å². The number of aliphatic hydroxyl groups is 1. The van der Waals surface area contributed by atoms with Gasteiger partial charge in [-0.2, -0.15) is 0 Å². The van der Waals surface area contributed by atoms with Crippen molar-refractivity contribution in [3.8, 4) is 0 Å². The first-order valence-corrected chi connectivity index (χ1v) is 10.7. The number of hydrogen-bond acceptors (Lipinski definition) is 4. The fourth-order valence-electron chi connectivity index (χ4n) is 5.36. The minimum Gasteiger partial charge on any atom is -0.390 e. The van der Waals surface area contributed by atoms with Crippen LogP contribution in [-0.4, -0.2) is 54.7 Å². The summed E-state index contributed by atoms with van der Waals surface area (Å²) < 4.78 is 0. The highest BCUT2D eigenvalue weighted by atomic mass is 16.3. The van der Waals surface area contributed by atoms with Gasteiger partial charge in [0.1, 0.15) is 0 Å². The highest BCUT2D eigenvalue weighted by Crippen LogP contribution is 2.49. The van der Waals surface area contributed by atoms with E-state index in [0.717, 1.165) is 44.6 Å². The highest BCUT2D eigenvalue weighted by molar-refractivity contribution is 5.79. The summed E-state index contributed by atoms with van der Waals surface area (Å²) in [7, 11) is 0. The third kappa shape index (κ3) is 3.78. The lowest BCUT2D eigenvalue weighted by Crippen LogP contribution is -2.49. The molecule has 3 N–H and O–H groups in total. The van der Waals surface area contributed by atoms with E-state index in [9.17, 15) is 9.90 Å². The number of amides is 1. The Morgan fingerprint density at radius 2 is 1.78 bits per heavy atom. The maximum Gasteiger partial charge on any atom is 0.234 e. The standard InChI is InChI=1S/C22H33N3O2/c26-19(16-25-14-6-2-1-3-7-15-25)24-20-17-8-4-5-9-18(17)22(21(20)27)10-12-23-13-11-22/h4-5,8-9,20-21,23,27H,1-3,6-7,10-16H2,(H,24,26)/t20-,21+/m1/s1. The Morgan fingerprint density at radius 3 is 2.52 bits per heavy atom. The van der Waals surface area contributed by atoms with Gasteiger partial charge in [-0.15, -0.1) is 0 Å². The van der Waals surface area contributed by atoms with E-state index in [-0.39, 0.29) is 17.4 Å². The summed E-state index contributed by atoms with van der Waals surface area (Å²) in [5.41, 5.74) is 2.11. The van der Waals surface area contributed by atoms with Gasteiger partial charge in [-0.05, 0) is 63.0 Å². The Bertz CT molecular complexity index is 649. The molecule has 2 aliphatic heterocycles. The van der Waals surface area contributed by atoms with Crippen molar-refractivity contribution in [3.63, 3.8) is 0 Å². The number of aliphatic hydroxyl groups excluding tert-OH is 1. The van der Waals surface area contributed by atoms with E-state index in [2.05, 4.69) is 33.7 Å². The molecule has 1 spiro atoms. The molecular weight excluding hydrogens is 338 g/mol. The first-order chi connectivity index (χ1) is 13.2. The van der Waals surface area contributed by atoms with Crippen molar-refractivity contribution >= 4 is 5.91 Å². The average molecular weight is 372 g/mol. The molecule has 2 fully saturated rings. The summed E-state index contributed by atoms with van der Waals surface area (Å²) in [6, 6.07) is 8.01. The molecule has 0 bridgehead atoms. The summed E-state index contributed by atoms with van der Waals surface area (Å²) >= 11 is 0. The van der Waals surface area contributed by atoms with Crippen LogP contribution in [0.4, 0.5) is 0 Å². The summed E-state index contributed by atoms with van der Waals surface area (Å²) in [6.45, 7) is 4.29. The van der Waals surface area contributed by atoms with Gasteiger partial charge in [0.25, 0.3) is 0 Å². The maximum absolute atomic E-state index is 12.8. The lowest BCUT2D eigenvalue weighted by Gasteiger charge is -2.39. The van der Waals surface area contributed by atoms with Crippen molar-refractivity contribution in [1.29, 1.82) is 0 Å². The Kier molecular flexibility index (Phi) is 5.81. The van der Waals surface area contributed by atoms with Gasteiger partial charge in [0.15, 0.2) is 0 Å². The van der Waals surface area contributed by atoms with Crippen LogP contribution in [0, 0.1) is 0 Å². The molecule has 1 aliphatic carbocycles. The number of fused-ring (bicyclic) bond motifs is 2. The van der Waals surface area contributed by atoms with Crippen LogP contribution in [0.5, 0.6) is 0 Å². The number of benzene rings is 1. The number of carbonyl (C=O) groups excluding carboxylic acids is 1. The van der Waals surface area contributed by atoms with Gasteiger partial charge >= 0.3 is 0 Å². The van der Waals surface area contributed by atoms with Crippen molar-refractivity contribution in [2.45, 2.75) is 62.5 Å². The number of nitrogens with one attached hydrogen (secondary N) is 2. The Morgan fingerprint density at radius 1 is 1.11 bits per heavy atom.